The van der Waals surface area contributed by atoms with Gasteiger partial charge in [-0.2, -0.15) is 0 Å². The van der Waals surface area contributed by atoms with Crippen molar-refractivity contribution in [1.82, 2.24) is 0 Å². The molecule has 0 fully saturated rings. The van der Waals surface area contributed by atoms with Gasteiger partial charge in [-0.25, -0.2) is 0 Å². The van der Waals surface area contributed by atoms with Gasteiger partial charge in [0.25, 0.3) is 0 Å². The lowest BCUT2D eigenvalue weighted by molar-refractivity contribution is 0.143. The van der Waals surface area contributed by atoms with E-state index in [0.717, 1.165) is 11.1 Å². The largest absolute Gasteiger partial charge is 0.378 e. The summed E-state index contributed by atoms with van der Waals surface area (Å²) >= 11 is 0. The van der Waals surface area contributed by atoms with Gasteiger partial charge in [0.2, 0.25) is 0 Å². The van der Waals surface area contributed by atoms with Gasteiger partial charge >= 0.3 is 0 Å². The molecule has 0 heterocycles. The Morgan fingerprint density at radius 3 is 1.53 bits per heavy atom. The fourth-order valence-electron chi connectivity index (χ4n) is 1.19. The SMILES string of the molecule is C#CC(=C=C(C#CC(C)(C)O)C(C)(C)C)C(C)(C)C. The highest BCUT2D eigenvalue weighted by Crippen LogP contribution is 2.28. The third-order valence-electron chi connectivity index (χ3n) is 2.39. The summed E-state index contributed by atoms with van der Waals surface area (Å²) in [5.41, 5.74) is 3.56. The van der Waals surface area contributed by atoms with E-state index in [0.29, 0.717) is 0 Å². The first-order chi connectivity index (χ1) is 8.27. The van der Waals surface area contributed by atoms with Crippen LogP contribution < -0.4 is 0 Å². The predicted octanol–water partition coefficient (Wildman–Crippen LogP) is 3.94. The molecule has 0 aromatic rings. The summed E-state index contributed by atoms with van der Waals surface area (Å²) in [6, 6.07) is 0. The van der Waals surface area contributed by atoms with E-state index in [4.69, 9.17) is 6.42 Å². The van der Waals surface area contributed by atoms with Crippen LogP contribution in [0.25, 0.3) is 0 Å². The first kappa shape index (κ1) is 17.6. The highest BCUT2D eigenvalue weighted by Gasteiger charge is 2.19. The molecule has 1 nitrogen and oxygen atoms in total. The van der Waals surface area contributed by atoms with Crippen molar-refractivity contribution >= 4 is 0 Å². The highest BCUT2D eigenvalue weighted by atomic mass is 16.3. The lowest BCUT2D eigenvalue weighted by Crippen LogP contribution is -2.16. The summed E-state index contributed by atoms with van der Waals surface area (Å²) in [7, 11) is 0. The van der Waals surface area contributed by atoms with Gasteiger partial charge in [0, 0.05) is 16.4 Å². The average molecular weight is 258 g/mol. The quantitative estimate of drug-likeness (QED) is 0.515. The Labute approximate surface area is 118 Å². The summed E-state index contributed by atoms with van der Waals surface area (Å²) < 4.78 is 0. The molecule has 0 aliphatic rings. The molecule has 0 radical (unpaired) electrons. The lowest BCUT2D eigenvalue weighted by atomic mass is 9.83. The van der Waals surface area contributed by atoms with Gasteiger partial charge in [0.15, 0.2) is 0 Å². The molecule has 0 unspecified atom stereocenters. The minimum atomic E-state index is -1.02. The average Bonchev–Trinajstić information content (AvgIpc) is 2.11. The van der Waals surface area contributed by atoms with Crippen molar-refractivity contribution in [3.63, 3.8) is 0 Å². The molecular weight excluding hydrogens is 232 g/mol. The Kier molecular flexibility index (Phi) is 5.29. The number of aliphatic hydroxyl groups is 1. The minimum Gasteiger partial charge on any atom is -0.378 e. The number of rotatable bonds is 0. The van der Waals surface area contributed by atoms with Crippen LogP contribution in [0.2, 0.25) is 0 Å². The molecule has 1 N–H and O–H groups in total. The molecule has 1 heteroatoms. The Hall–Kier alpha value is -1.40. The van der Waals surface area contributed by atoms with E-state index >= 15 is 0 Å². The van der Waals surface area contributed by atoms with Crippen LogP contribution in [0.15, 0.2) is 16.9 Å². The van der Waals surface area contributed by atoms with Crippen LogP contribution in [0, 0.1) is 35.0 Å². The van der Waals surface area contributed by atoms with E-state index in [2.05, 4.69) is 65.0 Å². The van der Waals surface area contributed by atoms with E-state index in [1.54, 1.807) is 13.8 Å². The van der Waals surface area contributed by atoms with Crippen molar-refractivity contribution < 1.29 is 5.11 Å². The maximum atomic E-state index is 9.72. The number of terminal acetylenes is 1. The molecule has 0 rings (SSSR count). The van der Waals surface area contributed by atoms with Crippen LogP contribution in [-0.2, 0) is 0 Å². The molecule has 104 valence electrons. The molecule has 0 spiro atoms. The molecule has 0 atom stereocenters. The van der Waals surface area contributed by atoms with E-state index in [1.807, 2.05) is 0 Å². The smallest absolute Gasteiger partial charge is 0.120 e. The standard InChI is InChI=1S/C18H26O/c1-10-14(16(2,3)4)13-15(17(5,6)7)11-12-18(8,9)19/h1,19H,2-9H3. The summed E-state index contributed by atoms with van der Waals surface area (Å²) in [4.78, 5) is 0. The Morgan fingerprint density at radius 1 is 0.842 bits per heavy atom. The molecule has 19 heavy (non-hydrogen) atoms. The Morgan fingerprint density at radius 2 is 1.26 bits per heavy atom. The number of hydrogen-bond donors (Lipinski definition) is 1. The second kappa shape index (κ2) is 5.71. The molecule has 0 saturated heterocycles. The summed E-state index contributed by atoms with van der Waals surface area (Å²) in [6.07, 6.45) is 5.57. The third kappa shape index (κ3) is 6.93. The van der Waals surface area contributed by atoms with Crippen LogP contribution in [0.1, 0.15) is 55.4 Å². The van der Waals surface area contributed by atoms with Crippen molar-refractivity contribution in [2.24, 2.45) is 10.8 Å². The van der Waals surface area contributed by atoms with Gasteiger partial charge in [-0.1, -0.05) is 65.0 Å². The van der Waals surface area contributed by atoms with Gasteiger partial charge in [0.1, 0.15) is 5.60 Å². The predicted molar refractivity (Wildman–Crippen MR) is 82.4 cm³/mol. The molecule has 0 aromatic heterocycles. The van der Waals surface area contributed by atoms with E-state index < -0.39 is 5.60 Å². The second-order valence-electron chi connectivity index (χ2n) is 7.33. The fraction of sp³-hybridized carbons (Fsp3) is 0.611. The van der Waals surface area contributed by atoms with Crippen LogP contribution in [0.5, 0.6) is 0 Å². The molecule has 0 saturated carbocycles. The molecule has 0 aliphatic carbocycles. The van der Waals surface area contributed by atoms with Crippen LogP contribution in [0.4, 0.5) is 0 Å². The van der Waals surface area contributed by atoms with Gasteiger partial charge in [-0.15, -0.1) is 6.42 Å². The van der Waals surface area contributed by atoms with Crippen LogP contribution in [-0.4, -0.2) is 10.7 Å². The van der Waals surface area contributed by atoms with Gasteiger partial charge in [0.05, 0.1) is 5.57 Å². The summed E-state index contributed by atoms with van der Waals surface area (Å²) in [5, 5.41) is 9.72. The maximum Gasteiger partial charge on any atom is 0.120 e. The molecule has 0 aromatic carbocycles. The first-order valence-electron chi connectivity index (χ1n) is 6.51. The van der Waals surface area contributed by atoms with Crippen LogP contribution in [0.3, 0.4) is 0 Å². The van der Waals surface area contributed by atoms with Gasteiger partial charge in [-0.3, -0.25) is 0 Å². The zero-order valence-electron chi connectivity index (χ0n) is 13.5. The zero-order valence-corrected chi connectivity index (χ0v) is 13.5. The van der Waals surface area contributed by atoms with Crippen LogP contribution >= 0.6 is 0 Å². The van der Waals surface area contributed by atoms with Crippen molar-refractivity contribution in [1.29, 1.82) is 0 Å². The van der Waals surface area contributed by atoms with Crippen molar-refractivity contribution in [2.45, 2.75) is 61.0 Å². The molecule has 0 amide bonds. The topological polar surface area (TPSA) is 20.2 Å². The zero-order chi connectivity index (χ0) is 15.5. The van der Waals surface area contributed by atoms with E-state index in [9.17, 15) is 5.11 Å². The Balaban J connectivity index is 6.12. The highest BCUT2D eigenvalue weighted by molar-refractivity contribution is 5.40. The number of hydrogen-bond acceptors (Lipinski definition) is 1. The Bertz CT molecular complexity index is 488. The first-order valence-corrected chi connectivity index (χ1v) is 6.51. The normalized spacial score (nSPS) is 11.8. The van der Waals surface area contributed by atoms with Gasteiger partial charge in [-0.05, 0) is 13.8 Å². The molecule has 0 aliphatic heterocycles. The van der Waals surface area contributed by atoms with E-state index in [1.165, 1.54) is 0 Å². The lowest BCUT2D eigenvalue weighted by Gasteiger charge is -2.20. The summed E-state index contributed by atoms with van der Waals surface area (Å²) in [5.74, 6) is 8.56. The van der Waals surface area contributed by atoms with Crippen molar-refractivity contribution in [2.75, 3.05) is 0 Å². The van der Waals surface area contributed by atoms with Gasteiger partial charge < -0.3 is 5.11 Å². The maximum absolute atomic E-state index is 9.72. The van der Waals surface area contributed by atoms with Crippen molar-refractivity contribution in [3.05, 3.63) is 16.9 Å². The summed E-state index contributed by atoms with van der Waals surface area (Å²) in [6.45, 7) is 15.7. The minimum absolute atomic E-state index is 0.137. The second-order valence-corrected chi connectivity index (χ2v) is 7.33. The molecular formula is C18H26O. The van der Waals surface area contributed by atoms with Crippen molar-refractivity contribution in [3.8, 4) is 24.2 Å². The third-order valence-corrected chi connectivity index (χ3v) is 2.39. The fourth-order valence-corrected chi connectivity index (χ4v) is 1.19. The monoisotopic (exact) mass is 258 g/mol. The molecule has 0 bridgehead atoms. The van der Waals surface area contributed by atoms with E-state index in [-0.39, 0.29) is 10.8 Å². The number of allylic oxidation sites excluding steroid dienone is 1.